The molecule has 0 aliphatic heterocycles. The summed E-state index contributed by atoms with van der Waals surface area (Å²) in [5, 5.41) is 23.2. The lowest BCUT2D eigenvalue weighted by atomic mass is 10.0. The van der Waals surface area contributed by atoms with Crippen molar-refractivity contribution in [2.45, 2.75) is 366 Å². The van der Waals surface area contributed by atoms with Gasteiger partial charge in [0.15, 0.2) is 0 Å². The maximum Gasteiger partial charge on any atom is 0.305 e. The van der Waals surface area contributed by atoms with E-state index in [1.807, 2.05) is 6.08 Å². The number of hydrogen-bond donors (Lipinski definition) is 3. The van der Waals surface area contributed by atoms with E-state index in [2.05, 4.69) is 55.6 Å². The average molecular weight is 1050 g/mol. The minimum Gasteiger partial charge on any atom is -0.466 e. The Labute approximate surface area is 467 Å². The van der Waals surface area contributed by atoms with Gasteiger partial charge >= 0.3 is 5.97 Å². The Morgan fingerprint density at radius 3 is 1.05 bits per heavy atom. The van der Waals surface area contributed by atoms with Gasteiger partial charge in [0.25, 0.3) is 0 Å². The topological polar surface area (TPSA) is 95.9 Å². The Bertz CT molecular complexity index is 1260. The number of nitrogens with one attached hydrogen (secondary N) is 1. The van der Waals surface area contributed by atoms with Crippen LogP contribution < -0.4 is 5.32 Å². The van der Waals surface area contributed by atoms with Crippen LogP contribution in [0.5, 0.6) is 0 Å². The second-order valence-electron chi connectivity index (χ2n) is 22.8. The molecule has 440 valence electrons. The molecule has 0 aliphatic rings. The van der Waals surface area contributed by atoms with Crippen LogP contribution in [0, 0.1) is 0 Å². The number of carbonyl (C=O) groups excluding carboxylic acids is 2. The number of rotatable bonds is 62. The first-order valence-corrected chi connectivity index (χ1v) is 33.4. The molecule has 1 amide bonds. The molecular weight excluding hydrogens is 923 g/mol. The number of carbonyl (C=O) groups is 2. The van der Waals surface area contributed by atoms with Crippen LogP contribution in [0.15, 0.2) is 48.6 Å². The minimum atomic E-state index is -0.855. The van der Waals surface area contributed by atoms with Crippen molar-refractivity contribution in [1.82, 2.24) is 5.32 Å². The first-order chi connectivity index (χ1) is 37.0. The number of ether oxygens (including phenoxy) is 1. The summed E-state index contributed by atoms with van der Waals surface area (Å²) in [6, 6.07) is -0.640. The molecule has 0 bridgehead atoms. The lowest BCUT2D eigenvalue weighted by Crippen LogP contribution is -2.45. The Morgan fingerprint density at radius 1 is 0.373 bits per heavy atom. The zero-order valence-electron chi connectivity index (χ0n) is 50.3. The zero-order valence-corrected chi connectivity index (χ0v) is 50.3. The fraction of sp³-hybridized carbons (Fsp3) is 0.855. The third-order valence-corrected chi connectivity index (χ3v) is 15.3. The van der Waals surface area contributed by atoms with E-state index >= 15 is 0 Å². The number of aliphatic hydroxyl groups is 2. The van der Waals surface area contributed by atoms with Gasteiger partial charge in [0.2, 0.25) is 5.91 Å². The number of esters is 1. The van der Waals surface area contributed by atoms with Gasteiger partial charge in [0, 0.05) is 12.8 Å². The number of allylic oxidation sites excluding steroid dienone is 7. The molecule has 0 rings (SSSR count). The molecule has 75 heavy (non-hydrogen) atoms. The molecule has 0 spiro atoms. The van der Waals surface area contributed by atoms with Crippen LogP contribution in [0.2, 0.25) is 0 Å². The minimum absolute atomic E-state index is 0.0102. The maximum absolute atomic E-state index is 12.5. The molecule has 0 radical (unpaired) electrons. The van der Waals surface area contributed by atoms with Gasteiger partial charge in [-0.1, -0.05) is 300 Å². The zero-order chi connectivity index (χ0) is 54.3. The van der Waals surface area contributed by atoms with E-state index < -0.39 is 12.1 Å². The molecule has 0 aromatic heterocycles. The van der Waals surface area contributed by atoms with E-state index in [4.69, 9.17) is 4.74 Å². The molecule has 0 heterocycles. The molecule has 6 nitrogen and oxygen atoms in total. The molecule has 0 aliphatic carbocycles. The molecular formula is C69H129NO5. The molecule has 0 aromatic carbocycles. The van der Waals surface area contributed by atoms with Crippen molar-refractivity contribution in [1.29, 1.82) is 0 Å². The average Bonchev–Trinajstić information content (AvgIpc) is 3.41. The Morgan fingerprint density at radius 2 is 0.667 bits per heavy atom. The molecule has 6 heteroatoms. The summed E-state index contributed by atoms with van der Waals surface area (Å²) in [6.07, 6.45) is 83.0. The summed E-state index contributed by atoms with van der Waals surface area (Å²) < 4.78 is 5.48. The maximum atomic E-state index is 12.5. The quantitative estimate of drug-likeness (QED) is 0.0320. The summed E-state index contributed by atoms with van der Waals surface area (Å²) in [7, 11) is 0. The molecule has 3 N–H and O–H groups in total. The predicted molar refractivity (Wildman–Crippen MR) is 329 cm³/mol. The lowest BCUT2D eigenvalue weighted by Gasteiger charge is -2.20. The largest absolute Gasteiger partial charge is 0.466 e. The van der Waals surface area contributed by atoms with Crippen LogP contribution in [0.3, 0.4) is 0 Å². The highest BCUT2D eigenvalue weighted by Gasteiger charge is 2.18. The van der Waals surface area contributed by atoms with Gasteiger partial charge in [-0.25, -0.2) is 0 Å². The highest BCUT2D eigenvalue weighted by atomic mass is 16.5. The van der Waals surface area contributed by atoms with Crippen LogP contribution >= 0.6 is 0 Å². The van der Waals surface area contributed by atoms with Crippen LogP contribution in [-0.4, -0.2) is 47.4 Å². The van der Waals surface area contributed by atoms with Crippen molar-refractivity contribution in [3.63, 3.8) is 0 Å². The highest BCUT2D eigenvalue weighted by Crippen LogP contribution is 2.17. The third-order valence-electron chi connectivity index (χ3n) is 15.3. The number of unbranched alkanes of at least 4 members (excludes halogenated alkanes) is 45. The van der Waals surface area contributed by atoms with E-state index in [0.717, 1.165) is 64.2 Å². The van der Waals surface area contributed by atoms with Crippen LogP contribution in [0.25, 0.3) is 0 Å². The van der Waals surface area contributed by atoms with Crippen LogP contribution in [0.4, 0.5) is 0 Å². The van der Waals surface area contributed by atoms with Gasteiger partial charge in [0.05, 0.1) is 25.4 Å². The SMILES string of the molecule is CCCCC/C=C\C/C=C\CCCCCCCCCC(=O)OCCCCCCCC/C=C\CCCCCCCCCC(=O)NC(CO)C(O)/C=C/CCCCCCCCCCCCCCCCCCCCCCCC. The van der Waals surface area contributed by atoms with Gasteiger partial charge < -0.3 is 20.3 Å². The van der Waals surface area contributed by atoms with Crippen LogP contribution in [0.1, 0.15) is 354 Å². The second kappa shape index (κ2) is 64.3. The predicted octanol–water partition coefficient (Wildman–Crippen LogP) is 21.3. The van der Waals surface area contributed by atoms with Crippen molar-refractivity contribution in [3.8, 4) is 0 Å². The fourth-order valence-corrected chi connectivity index (χ4v) is 10.2. The summed E-state index contributed by atoms with van der Waals surface area (Å²) in [5.74, 6) is -0.0878. The highest BCUT2D eigenvalue weighted by molar-refractivity contribution is 5.76. The molecule has 2 atom stereocenters. The number of amides is 1. The van der Waals surface area contributed by atoms with E-state index in [-0.39, 0.29) is 18.5 Å². The molecule has 2 unspecified atom stereocenters. The van der Waals surface area contributed by atoms with Gasteiger partial charge in [-0.15, -0.1) is 0 Å². The van der Waals surface area contributed by atoms with Gasteiger partial charge in [-0.05, 0) is 89.9 Å². The Kier molecular flexibility index (Phi) is 62.5. The van der Waals surface area contributed by atoms with Crippen molar-refractivity contribution in [3.05, 3.63) is 48.6 Å². The van der Waals surface area contributed by atoms with Gasteiger partial charge in [-0.3, -0.25) is 9.59 Å². The van der Waals surface area contributed by atoms with E-state index in [0.29, 0.717) is 19.4 Å². The second-order valence-corrected chi connectivity index (χ2v) is 22.8. The molecule has 0 saturated carbocycles. The van der Waals surface area contributed by atoms with Crippen molar-refractivity contribution in [2.75, 3.05) is 13.2 Å². The van der Waals surface area contributed by atoms with E-state index in [9.17, 15) is 19.8 Å². The van der Waals surface area contributed by atoms with Crippen molar-refractivity contribution >= 4 is 11.9 Å². The van der Waals surface area contributed by atoms with Crippen molar-refractivity contribution < 1.29 is 24.5 Å². The van der Waals surface area contributed by atoms with Gasteiger partial charge in [-0.2, -0.15) is 0 Å². The summed E-state index contributed by atoms with van der Waals surface area (Å²) in [6.45, 7) is 4.88. The number of aliphatic hydroxyl groups excluding tert-OH is 2. The van der Waals surface area contributed by atoms with Crippen molar-refractivity contribution in [2.24, 2.45) is 0 Å². The first kappa shape index (κ1) is 72.8. The standard InChI is InChI=1S/C69H129NO5/c1-3-5-7-9-11-13-15-17-19-21-22-23-24-25-26-27-30-33-37-41-45-49-53-57-61-67(72)66(65-71)70-68(73)62-58-54-50-46-42-38-34-31-28-32-36-40-44-48-52-56-60-64-75-69(74)63-59-55-51-47-43-39-35-29-20-18-16-14-12-10-8-6-4-2/h12,14,18,20,28,32,57,61,66-67,71-72H,3-11,13,15-17,19,21-27,29-31,33-56,58-60,62-65H2,1-2H3,(H,70,73)/b14-12-,20-18-,32-28-,61-57+. The summed E-state index contributed by atoms with van der Waals surface area (Å²) in [5.41, 5.74) is 0. The summed E-state index contributed by atoms with van der Waals surface area (Å²) >= 11 is 0. The number of hydrogen-bond acceptors (Lipinski definition) is 5. The lowest BCUT2D eigenvalue weighted by molar-refractivity contribution is -0.143. The van der Waals surface area contributed by atoms with E-state index in [1.165, 1.54) is 263 Å². The first-order valence-electron chi connectivity index (χ1n) is 33.4. The third kappa shape index (κ3) is 60.9. The molecule has 0 saturated heterocycles. The Balaban J connectivity index is 3.48. The Hall–Kier alpha value is -2.18. The molecule has 0 fully saturated rings. The fourth-order valence-electron chi connectivity index (χ4n) is 10.2. The normalized spacial score (nSPS) is 12.9. The summed E-state index contributed by atoms with van der Waals surface area (Å²) in [4.78, 5) is 24.6. The van der Waals surface area contributed by atoms with E-state index in [1.54, 1.807) is 6.08 Å². The van der Waals surface area contributed by atoms with Gasteiger partial charge in [0.1, 0.15) is 0 Å². The monoisotopic (exact) mass is 1050 g/mol. The van der Waals surface area contributed by atoms with Crippen LogP contribution in [-0.2, 0) is 14.3 Å². The smallest absolute Gasteiger partial charge is 0.305 e. The molecule has 0 aromatic rings.